The van der Waals surface area contributed by atoms with E-state index >= 15 is 0 Å². The van der Waals surface area contributed by atoms with Gasteiger partial charge in [-0.3, -0.25) is 4.79 Å². The van der Waals surface area contributed by atoms with Crippen molar-refractivity contribution in [1.29, 1.82) is 0 Å². The van der Waals surface area contributed by atoms with Crippen LogP contribution in [-0.2, 0) is 16.6 Å². The molecule has 0 spiro atoms. The normalized spacial score (nSPS) is 14.5. The second-order valence-electron chi connectivity index (χ2n) is 6.63. The third-order valence-corrected chi connectivity index (χ3v) is 5.00. The lowest BCUT2D eigenvalue weighted by Gasteiger charge is -2.36. The Hall–Kier alpha value is -3.13. The Labute approximate surface area is 153 Å². The van der Waals surface area contributed by atoms with Crippen LogP contribution >= 0.6 is 0 Å². The highest BCUT2D eigenvalue weighted by atomic mass is 16.5. The molecule has 0 unspecified atom stereocenters. The molecule has 128 valence electrons. The lowest BCUT2D eigenvalue weighted by atomic mass is 9.67. The average molecular weight is 340 g/mol. The van der Waals surface area contributed by atoms with E-state index in [1.54, 1.807) is 0 Å². The molecule has 0 aromatic heterocycles. The van der Waals surface area contributed by atoms with E-state index < -0.39 is 0 Å². The van der Waals surface area contributed by atoms with Crippen molar-refractivity contribution in [2.75, 3.05) is 0 Å². The molecule has 0 saturated carbocycles. The molecule has 0 amide bonds. The van der Waals surface area contributed by atoms with Crippen LogP contribution in [0.2, 0.25) is 0 Å². The molecule has 0 heterocycles. The number of hydrogen-bond donors (Lipinski definition) is 0. The third-order valence-electron chi connectivity index (χ3n) is 5.00. The molecule has 0 N–H and O–H groups in total. The Balaban J connectivity index is 1.90. The summed E-state index contributed by atoms with van der Waals surface area (Å²) in [6.07, 6.45) is 5.17. The second-order valence-corrected chi connectivity index (χ2v) is 6.63. The van der Waals surface area contributed by atoms with Gasteiger partial charge in [0, 0.05) is 17.9 Å². The molecular weight excluding hydrogens is 320 g/mol. The van der Waals surface area contributed by atoms with E-state index in [1.807, 2.05) is 24.3 Å². The van der Waals surface area contributed by atoms with Gasteiger partial charge in [-0.2, -0.15) is 0 Å². The van der Waals surface area contributed by atoms with Crippen LogP contribution in [0.1, 0.15) is 29.2 Å². The summed E-state index contributed by atoms with van der Waals surface area (Å²) in [7, 11) is 0. The van der Waals surface area contributed by atoms with Gasteiger partial charge < -0.3 is 4.74 Å². The molecule has 4 rings (SSSR count). The van der Waals surface area contributed by atoms with Crippen LogP contribution in [0, 0.1) is 0 Å². The molecule has 1 aliphatic carbocycles. The molecule has 3 aromatic carbocycles. The van der Waals surface area contributed by atoms with E-state index in [0.29, 0.717) is 5.75 Å². The minimum Gasteiger partial charge on any atom is -0.426 e. The predicted molar refractivity (Wildman–Crippen MR) is 104 cm³/mol. The van der Waals surface area contributed by atoms with Crippen molar-refractivity contribution in [3.8, 4) is 5.75 Å². The lowest BCUT2D eigenvalue weighted by molar-refractivity contribution is -0.131. The van der Waals surface area contributed by atoms with Crippen molar-refractivity contribution < 1.29 is 9.53 Å². The highest BCUT2D eigenvalue weighted by Gasteiger charge is 2.35. The molecule has 26 heavy (non-hydrogen) atoms. The number of fused-ring (bicyclic) bond motifs is 1. The van der Waals surface area contributed by atoms with Crippen LogP contribution in [0.5, 0.6) is 5.75 Å². The third kappa shape index (κ3) is 2.84. The molecule has 0 aliphatic heterocycles. The summed E-state index contributed by atoms with van der Waals surface area (Å²) in [6.45, 7) is 1.44. The van der Waals surface area contributed by atoms with Gasteiger partial charge >= 0.3 is 5.97 Å². The monoisotopic (exact) mass is 340 g/mol. The van der Waals surface area contributed by atoms with Crippen molar-refractivity contribution in [2.45, 2.75) is 18.8 Å². The number of carbonyl (C=O) groups excluding carboxylic acids is 1. The highest BCUT2D eigenvalue weighted by Crippen LogP contribution is 2.43. The van der Waals surface area contributed by atoms with Gasteiger partial charge in [0.05, 0.1) is 0 Å². The minimum atomic E-state index is -0.294. The predicted octanol–water partition coefficient (Wildman–Crippen LogP) is 5.17. The Morgan fingerprint density at radius 1 is 0.846 bits per heavy atom. The first-order valence-corrected chi connectivity index (χ1v) is 8.80. The molecule has 0 saturated heterocycles. The fourth-order valence-electron chi connectivity index (χ4n) is 3.78. The Morgan fingerprint density at radius 3 is 2.04 bits per heavy atom. The highest BCUT2D eigenvalue weighted by molar-refractivity contribution is 5.73. The van der Waals surface area contributed by atoms with Gasteiger partial charge in [-0.15, -0.1) is 0 Å². The number of esters is 1. The second kappa shape index (κ2) is 6.64. The summed E-state index contributed by atoms with van der Waals surface area (Å²) in [4.78, 5) is 11.6. The van der Waals surface area contributed by atoms with Crippen molar-refractivity contribution >= 4 is 12.0 Å². The van der Waals surface area contributed by atoms with E-state index in [9.17, 15) is 4.79 Å². The fraction of sp³-hybridized carbons (Fsp3) is 0.125. The van der Waals surface area contributed by atoms with Crippen LogP contribution in [0.4, 0.5) is 0 Å². The number of allylic oxidation sites excluding steroid dienone is 1. The molecule has 0 radical (unpaired) electrons. The van der Waals surface area contributed by atoms with E-state index in [-0.39, 0.29) is 11.4 Å². The van der Waals surface area contributed by atoms with Crippen molar-refractivity contribution in [1.82, 2.24) is 0 Å². The van der Waals surface area contributed by atoms with Gasteiger partial charge in [-0.05, 0) is 29.2 Å². The molecule has 3 aromatic rings. The summed E-state index contributed by atoms with van der Waals surface area (Å²) in [5.41, 5.74) is 4.34. The van der Waals surface area contributed by atoms with Crippen LogP contribution in [-0.4, -0.2) is 5.97 Å². The summed E-state index contributed by atoms with van der Waals surface area (Å²) in [6, 6.07) is 26.9. The van der Waals surface area contributed by atoms with Gasteiger partial charge in [0.2, 0.25) is 0 Å². The standard InChI is InChI=1S/C24H20O2/c1-18(25)26-23-14-8-9-19-15-16-24(17-22(19)23,20-10-4-2-5-11-20)21-12-6-3-7-13-21/h2-16H,17H2,1H3. The molecule has 0 atom stereocenters. The molecule has 0 fully saturated rings. The van der Waals surface area contributed by atoms with E-state index in [4.69, 9.17) is 4.74 Å². The SMILES string of the molecule is CC(=O)Oc1cccc2c1CC(c1ccccc1)(c1ccccc1)C=C2. The van der Waals surface area contributed by atoms with Crippen LogP contribution < -0.4 is 4.74 Å². The molecular formula is C24H20O2. The average Bonchev–Trinajstić information content (AvgIpc) is 2.69. The van der Waals surface area contributed by atoms with E-state index in [2.05, 4.69) is 66.7 Å². The summed E-state index contributed by atoms with van der Waals surface area (Å²) >= 11 is 0. The smallest absolute Gasteiger partial charge is 0.308 e. The number of benzene rings is 3. The maximum absolute atomic E-state index is 11.6. The first-order valence-electron chi connectivity index (χ1n) is 8.80. The van der Waals surface area contributed by atoms with Crippen LogP contribution in [0.25, 0.3) is 6.08 Å². The van der Waals surface area contributed by atoms with E-state index in [1.165, 1.54) is 18.1 Å². The number of hydrogen-bond acceptors (Lipinski definition) is 2. The zero-order valence-electron chi connectivity index (χ0n) is 14.7. The zero-order chi connectivity index (χ0) is 18.0. The van der Waals surface area contributed by atoms with E-state index in [0.717, 1.165) is 17.5 Å². The number of rotatable bonds is 3. The molecule has 1 aliphatic rings. The van der Waals surface area contributed by atoms with Crippen molar-refractivity contribution in [3.63, 3.8) is 0 Å². The van der Waals surface area contributed by atoms with Gasteiger partial charge in [0.25, 0.3) is 0 Å². The van der Waals surface area contributed by atoms with Gasteiger partial charge in [0.15, 0.2) is 0 Å². The Morgan fingerprint density at radius 2 is 1.46 bits per heavy atom. The van der Waals surface area contributed by atoms with Crippen LogP contribution in [0.15, 0.2) is 84.9 Å². The Bertz CT molecular complexity index is 917. The van der Waals surface area contributed by atoms with Gasteiger partial charge in [0.1, 0.15) is 5.75 Å². The molecule has 0 bridgehead atoms. The topological polar surface area (TPSA) is 26.3 Å². The van der Waals surface area contributed by atoms with Crippen molar-refractivity contribution in [3.05, 3.63) is 107 Å². The number of carbonyl (C=O) groups is 1. The largest absolute Gasteiger partial charge is 0.426 e. The minimum absolute atomic E-state index is 0.286. The molecule has 2 nitrogen and oxygen atoms in total. The lowest BCUT2D eigenvalue weighted by Crippen LogP contribution is -2.30. The summed E-state index contributed by atoms with van der Waals surface area (Å²) in [5, 5.41) is 0. The number of ether oxygens (including phenoxy) is 1. The maximum Gasteiger partial charge on any atom is 0.308 e. The summed E-state index contributed by atoms with van der Waals surface area (Å²) in [5.74, 6) is 0.355. The summed E-state index contributed by atoms with van der Waals surface area (Å²) < 4.78 is 5.50. The van der Waals surface area contributed by atoms with Crippen LogP contribution in [0.3, 0.4) is 0 Å². The first kappa shape index (κ1) is 16.3. The van der Waals surface area contributed by atoms with Gasteiger partial charge in [-0.25, -0.2) is 0 Å². The maximum atomic E-state index is 11.6. The van der Waals surface area contributed by atoms with Crippen molar-refractivity contribution in [2.24, 2.45) is 0 Å². The first-order chi connectivity index (χ1) is 12.7. The quantitative estimate of drug-likeness (QED) is 0.486. The zero-order valence-corrected chi connectivity index (χ0v) is 14.7. The Kier molecular flexibility index (Phi) is 4.18. The fourth-order valence-corrected chi connectivity index (χ4v) is 3.78. The molecule has 2 heteroatoms. The van der Waals surface area contributed by atoms with Gasteiger partial charge in [-0.1, -0.05) is 84.9 Å².